The molecule has 2 rings (SSSR count). The largest absolute Gasteiger partial charge is 0.487 e. The molecule has 0 saturated heterocycles. The number of fused-ring (bicyclic) bond motifs is 1. The lowest BCUT2D eigenvalue weighted by molar-refractivity contribution is 0.133. The lowest BCUT2D eigenvalue weighted by Gasteiger charge is -2.24. The third-order valence-corrected chi connectivity index (χ3v) is 2.95. The molecule has 1 heterocycles. The second-order valence-electron chi connectivity index (χ2n) is 7.45. The average Bonchev–Trinajstić information content (AvgIpc) is 2.34. The summed E-state index contributed by atoms with van der Waals surface area (Å²) in [5.41, 5.74) is 1.82. The fourth-order valence-electron chi connectivity index (χ4n) is 2.06. The molecule has 0 bridgehead atoms. The number of nitrogens with one attached hydrogen (secondary N) is 1. The highest BCUT2D eigenvalue weighted by Crippen LogP contribution is 2.28. The van der Waals surface area contributed by atoms with Crippen LogP contribution in [-0.4, -0.2) is 16.1 Å². The van der Waals surface area contributed by atoms with Gasteiger partial charge in [-0.25, -0.2) is 0 Å². The Balaban J connectivity index is 2.39. The maximum absolute atomic E-state index is 6.12. The third kappa shape index (κ3) is 4.71. The maximum Gasteiger partial charge on any atom is 0.131 e. The number of benzene rings is 1. The topological polar surface area (TPSA) is 34.1 Å². The van der Waals surface area contributed by atoms with Gasteiger partial charge in [0.2, 0.25) is 0 Å². The van der Waals surface area contributed by atoms with Gasteiger partial charge in [-0.3, -0.25) is 4.98 Å². The smallest absolute Gasteiger partial charge is 0.131 e. The van der Waals surface area contributed by atoms with E-state index in [1.807, 2.05) is 24.3 Å². The lowest BCUT2D eigenvalue weighted by Crippen LogP contribution is -2.35. The minimum absolute atomic E-state index is 0.0678. The summed E-state index contributed by atoms with van der Waals surface area (Å²) in [5, 5.41) is 4.54. The monoisotopic (exact) mass is 286 g/mol. The van der Waals surface area contributed by atoms with E-state index in [4.69, 9.17) is 9.72 Å². The summed E-state index contributed by atoms with van der Waals surface area (Å²) in [6.45, 7) is 13.4. The summed E-state index contributed by atoms with van der Waals surface area (Å²) in [6.07, 6.45) is 0. The van der Waals surface area contributed by atoms with Crippen molar-refractivity contribution < 1.29 is 4.74 Å². The summed E-state index contributed by atoms with van der Waals surface area (Å²) in [6, 6.07) is 10.2. The van der Waals surface area contributed by atoms with E-state index in [0.29, 0.717) is 0 Å². The van der Waals surface area contributed by atoms with Crippen molar-refractivity contribution in [1.29, 1.82) is 0 Å². The van der Waals surface area contributed by atoms with Crippen LogP contribution in [0, 0.1) is 0 Å². The van der Waals surface area contributed by atoms with Crippen LogP contribution in [0.4, 0.5) is 0 Å². The summed E-state index contributed by atoms with van der Waals surface area (Å²) >= 11 is 0. The first-order chi connectivity index (χ1) is 9.64. The molecule has 0 atom stereocenters. The molecule has 3 heteroatoms. The quantitative estimate of drug-likeness (QED) is 0.913. The first kappa shape index (κ1) is 15.8. The predicted octanol–water partition coefficient (Wildman–Crippen LogP) is 4.30. The number of hydrogen-bond acceptors (Lipinski definition) is 3. The molecule has 21 heavy (non-hydrogen) atoms. The van der Waals surface area contributed by atoms with E-state index >= 15 is 0 Å². The van der Waals surface area contributed by atoms with Crippen molar-refractivity contribution in [3.63, 3.8) is 0 Å². The first-order valence-electron chi connectivity index (χ1n) is 7.47. The Morgan fingerprint density at radius 3 is 2.33 bits per heavy atom. The summed E-state index contributed by atoms with van der Waals surface area (Å²) < 4.78 is 6.12. The Morgan fingerprint density at radius 2 is 1.71 bits per heavy atom. The molecule has 0 aliphatic heterocycles. The van der Waals surface area contributed by atoms with Gasteiger partial charge in [0.1, 0.15) is 11.4 Å². The van der Waals surface area contributed by atoms with Gasteiger partial charge >= 0.3 is 0 Å². The van der Waals surface area contributed by atoms with Gasteiger partial charge in [-0.1, -0.05) is 12.1 Å². The standard InChI is InChI=1S/C18H26N2O/c1-17(2,3)19-12-13-11-16(21-18(4,5)6)14-9-7-8-10-15(14)20-13/h7-11,19H,12H2,1-6H3. The van der Waals surface area contributed by atoms with Crippen molar-refractivity contribution in [3.8, 4) is 5.75 Å². The number of hydrogen-bond donors (Lipinski definition) is 1. The van der Waals surface area contributed by atoms with Crippen molar-refractivity contribution in [2.45, 2.75) is 59.2 Å². The molecule has 1 aromatic carbocycles. The van der Waals surface area contributed by atoms with Gasteiger partial charge in [-0.2, -0.15) is 0 Å². The van der Waals surface area contributed by atoms with Gasteiger partial charge < -0.3 is 10.1 Å². The Bertz CT molecular complexity index is 621. The maximum atomic E-state index is 6.12. The number of para-hydroxylation sites is 1. The lowest BCUT2D eigenvalue weighted by atomic mass is 10.1. The first-order valence-corrected chi connectivity index (χ1v) is 7.47. The molecule has 1 N–H and O–H groups in total. The minimum Gasteiger partial charge on any atom is -0.487 e. The van der Waals surface area contributed by atoms with Gasteiger partial charge in [0.05, 0.1) is 11.2 Å². The highest BCUT2D eigenvalue weighted by molar-refractivity contribution is 5.85. The second kappa shape index (κ2) is 5.64. The molecule has 2 aromatic rings. The molecule has 0 fully saturated rings. The van der Waals surface area contributed by atoms with Crippen LogP contribution in [0.25, 0.3) is 10.9 Å². The van der Waals surface area contributed by atoms with Crippen molar-refractivity contribution in [2.24, 2.45) is 0 Å². The number of nitrogens with zero attached hydrogens (tertiary/aromatic N) is 1. The molecule has 0 aliphatic carbocycles. The Kier molecular flexibility index (Phi) is 4.24. The number of rotatable bonds is 3. The Hall–Kier alpha value is -1.61. The van der Waals surface area contributed by atoms with Gasteiger partial charge in [0.15, 0.2) is 0 Å². The van der Waals surface area contributed by atoms with E-state index in [0.717, 1.165) is 28.9 Å². The molecular weight excluding hydrogens is 260 g/mol. The number of aromatic nitrogens is 1. The molecule has 3 nitrogen and oxygen atoms in total. The fraction of sp³-hybridized carbons (Fsp3) is 0.500. The molecule has 1 aromatic heterocycles. The van der Waals surface area contributed by atoms with E-state index in [1.165, 1.54) is 0 Å². The zero-order valence-corrected chi connectivity index (χ0v) is 13.9. The van der Waals surface area contributed by atoms with E-state index < -0.39 is 0 Å². The molecule has 0 amide bonds. The van der Waals surface area contributed by atoms with Crippen molar-refractivity contribution in [2.75, 3.05) is 0 Å². The molecular formula is C18H26N2O. The number of ether oxygens (including phenoxy) is 1. The molecule has 0 aliphatic rings. The molecule has 0 spiro atoms. The van der Waals surface area contributed by atoms with Crippen LogP contribution in [0.1, 0.15) is 47.2 Å². The third-order valence-electron chi connectivity index (χ3n) is 2.95. The van der Waals surface area contributed by atoms with Crippen LogP contribution in [0.3, 0.4) is 0 Å². The Labute approximate surface area is 127 Å². The summed E-state index contributed by atoms with van der Waals surface area (Å²) in [4.78, 5) is 4.73. The minimum atomic E-state index is -0.223. The molecule has 0 unspecified atom stereocenters. The van der Waals surface area contributed by atoms with Crippen LogP contribution in [0.5, 0.6) is 5.75 Å². The van der Waals surface area contributed by atoms with Crippen LogP contribution >= 0.6 is 0 Å². The number of pyridine rings is 1. The van der Waals surface area contributed by atoms with Crippen molar-refractivity contribution >= 4 is 10.9 Å². The van der Waals surface area contributed by atoms with E-state index in [-0.39, 0.29) is 11.1 Å². The zero-order chi connectivity index (χ0) is 15.7. The van der Waals surface area contributed by atoms with Crippen LogP contribution in [0.2, 0.25) is 0 Å². The van der Waals surface area contributed by atoms with Crippen LogP contribution in [-0.2, 0) is 6.54 Å². The highest BCUT2D eigenvalue weighted by atomic mass is 16.5. The van der Waals surface area contributed by atoms with Crippen LogP contribution < -0.4 is 10.1 Å². The molecule has 0 radical (unpaired) electrons. The van der Waals surface area contributed by atoms with E-state index in [2.05, 4.69) is 52.9 Å². The average molecular weight is 286 g/mol. The van der Waals surface area contributed by atoms with Gasteiger partial charge in [0, 0.05) is 23.5 Å². The van der Waals surface area contributed by atoms with E-state index in [1.54, 1.807) is 0 Å². The summed E-state index contributed by atoms with van der Waals surface area (Å²) in [5.74, 6) is 0.902. The van der Waals surface area contributed by atoms with E-state index in [9.17, 15) is 0 Å². The summed E-state index contributed by atoms with van der Waals surface area (Å²) in [7, 11) is 0. The zero-order valence-electron chi connectivity index (χ0n) is 13.9. The molecule has 0 saturated carbocycles. The highest BCUT2D eigenvalue weighted by Gasteiger charge is 2.16. The normalized spacial score (nSPS) is 12.7. The van der Waals surface area contributed by atoms with Gasteiger partial charge in [-0.05, 0) is 53.7 Å². The SMILES string of the molecule is CC(C)(C)NCc1cc(OC(C)(C)C)c2ccccc2n1. The van der Waals surface area contributed by atoms with Gasteiger partial charge in [0.25, 0.3) is 0 Å². The van der Waals surface area contributed by atoms with Gasteiger partial charge in [-0.15, -0.1) is 0 Å². The fourth-order valence-corrected chi connectivity index (χ4v) is 2.06. The molecule has 114 valence electrons. The van der Waals surface area contributed by atoms with Crippen molar-refractivity contribution in [3.05, 3.63) is 36.0 Å². The predicted molar refractivity (Wildman–Crippen MR) is 88.7 cm³/mol. The van der Waals surface area contributed by atoms with Crippen molar-refractivity contribution in [1.82, 2.24) is 10.3 Å². The second-order valence-corrected chi connectivity index (χ2v) is 7.45. The van der Waals surface area contributed by atoms with Crippen LogP contribution in [0.15, 0.2) is 30.3 Å². The Morgan fingerprint density at radius 1 is 1.05 bits per heavy atom.